The Labute approximate surface area is 210 Å². The number of nitrogens with zero attached hydrogens (tertiary/aromatic N) is 5. The Bertz CT molecular complexity index is 1420. The highest BCUT2D eigenvalue weighted by molar-refractivity contribution is 7.89. The number of hydrogen-bond donors (Lipinski definition) is 1. The first-order valence-corrected chi connectivity index (χ1v) is 13.8. The van der Waals surface area contributed by atoms with E-state index in [4.69, 9.17) is 9.72 Å². The first-order valence-electron chi connectivity index (χ1n) is 12.3. The number of benzene rings is 1. The van der Waals surface area contributed by atoms with E-state index in [0.717, 1.165) is 6.42 Å². The Hall–Kier alpha value is -2.80. The second kappa shape index (κ2) is 9.92. The van der Waals surface area contributed by atoms with Crippen LogP contribution in [0, 0.1) is 5.21 Å². The number of aromatic nitrogens is 4. The fourth-order valence-electron chi connectivity index (χ4n) is 4.61. The van der Waals surface area contributed by atoms with E-state index < -0.39 is 14.7 Å². The number of quaternary nitrogens is 1. The quantitative estimate of drug-likeness (QED) is 0.358. The van der Waals surface area contributed by atoms with Gasteiger partial charge in [-0.2, -0.15) is 9.40 Å². The molecule has 0 unspecified atom stereocenters. The number of rotatable bonds is 8. The van der Waals surface area contributed by atoms with Gasteiger partial charge in [0.05, 0.1) is 55.0 Å². The highest BCUT2D eigenvalue weighted by Crippen LogP contribution is 2.32. The molecule has 12 heteroatoms. The predicted molar refractivity (Wildman–Crippen MR) is 137 cm³/mol. The van der Waals surface area contributed by atoms with Crippen molar-refractivity contribution in [2.45, 2.75) is 51.5 Å². The lowest BCUT2D eigenvalue weighted by atomic mass is 10.1. The number of H-pyrrole nitrogens is 1. The van der Waals surface area contributed by atoms with Crippen LogP contribution >= 0.6 is 0 Å². The van der Waals surface area contributed by atoms with E-state index >= 15 is 0 Å². The molecule has 11 nitrogen and oxygen atoms in total. The van der Waals surface area contributed by atoms with E-state index in [0.29, 0.717) is 41.1 Å². The number of hydrogen-bond acceptors (Lipinski definition) is 7. The maximum Gasteiger partial charge on any atom is 0.277 e. The molecular formula is C24H34N6O5S. The molecule has 36 heavy (non-hydrogen) atoms. The zero-order valence-electron chi connectivity index (χ0n) is 21.4. The van der Waals surface area contributed by atoms with Gasteiger partial charge in [0.25, 0.3) is 5.56 Å². The third kappa shape index (κ3) is 4.65. The highest BCUT2D eigenvalue weighted by Gasteiger charge is 2.35. The Kier molecular flexibility index (Phi) is 7.24. The zero-order valence-corrected chi connectivity index (χ0v) is 22.3. The topological polar surface area (TPSA) is 133 Å². The van der Waals surface area contributed by atoms with Crippen molar-refractivity contribution in [3.63, 3.8) is 0 Å². The Morgan fingerprint density at radius 3 is 2.53 bits per heavy atom. The molecule has 4 rings (SSSR count). The normalized spacial score (nSPS) is 16.6. The summed E-state index contributed by atoms with van der Waals surface area (Å²) in [6, 6.07) is 4.42. The summed E-state index contributed by atoms with van der Waals surface area (Å²) >= 11 is 0. The number of aryl methyl sites for hydroxylation is 2. The first-order chi connectivity index (χ1) is 17.0. The molecule has 0 atom stereocenters. The van der Waals surface area contributed by atoms with Crippen LogP contribution in [-0.2, 0) is 23.5 Å². The number of aromatic amines is 1. The standard InChI is InChI=1S/C24H34N6O5S/c1-6-8-19-21-22(28(5)27-19)24(31)26-23(25-21)18-15-17(9-10-20(18)35-7-2)36(33,34)29-11-13-30(32,14-12-29)16(3)4/h9-10,15-16H,6-8,11-14H2,1-5H3,(H,25,26,31). The van der Waals surface area contributed by atoms with Crippen LogP contribution in [0.15, 0.2) is 27.9 Å². The minimum atomic E-state index is -3.87. The van der Waals surface area contributed by atoms with Crippen LogP contribution in [0.5, 0.6) is 5.75 Å². The summed E-state index contributed by atoms with van der Waals surface area (Å²) in [6.07, 6.45) is 1.49. The van der Waals surface area contributed by atoms with Gasteiger partial charge in [-0.1, -0.05) is 13.3 Å². The summed E-state index contributed by atoms with van der Waals surface area (Å²) in [5, 5.41) is 17.3. The first kappa shape index (κ1) is 26.3. The van der Waals surface area contributed by atoms with Crippen molar-refractivity contribution in [3.8, 4) is 17.1 Å². The average Bonchev–Trinajstić information content (AvgIpc) is 3.15. The fraction of sp³-hybridized carbons (Fsp3) is 0.542. The third-order valence-corrected chi connectivity index (χ3v) is 8.68. The maximum atomic E-state index is 13.5. The largest absolute Gasteiger partial charge is 0.633 e. The van der Waals surface area contributed by atoms with E-state index in [1.807, 2.05) is 27.7 Å². The van der Waals surface area contributed by atoms with E-state index in [1.165, 1.54) is 21.1 Å². The lowest BCUT2D eigenvalue weighted by Gasteiger charge is -2.50. The van der Waals surface area contributed by atoms with Gasteiger partial charge in [0.15, 0.2) is 5.52 Å². The SMILES string of the molecule is CCCc1nn(C)c2c(=O)[nH]c(-c3cc(S(=O)(=O)N4CC[N+]([O-])(C(C)C)CC4)ccc3OCC)nc12. The molecule has 0 bridgehead atoms. The van der Waals surface area contributed by atoms with Crippen LogP contribution in [0.25, 0.3) is 22.4 Å². The van der Waals surface area contributed by atoms with Gasteiger partial charge in [-0.25, -0.2) is 13.4 Å². The van der Waals surface area contributed by atoms with Gasteiger partial charge in [0.1, 0.15) is 17.1 Å². The van der Waals surface area contributed by atoms with Gasteiger partial charge < -0.3 is 19.6 Å². The van der Waals surface area contributed by atoms with Crippen LogP contribution < -0.4 is 10.3 Å². The second-order valence-corrected chi connectivity index (χ2v) is 11.4. The monoisotopic (exact) mass is 518 g/mol. The molecule has 2 aromatic heterocycles. The molecule has 0 aliphatic carbocycles. The second-order valence-electron chi connectivity index (χ2n) is 9.42. The molecular weight excluding hydrogens is 484 g/mol. The summed E-state index contributed by atoms with van der Waals surface area (Å²) in [5.41, 5.74) is 1.57. The molecule has 0 amide bonds. The molecule has 1 N–H and O–H groups in total. The fourth-order valence-corrected chi connectivity index (χ4v) is 6.06. The van der Waals surface area contributed by atoms with Crippen LogP contribution in [0.1, 0.15) is 39.8 Å². The summed E-state index contributed by atoms with van der Waals surface area (Å²) in [7, 11) is -2.17. The number of nitrogens with one attached hydrogen (secondary N) is 1. The number of fused-ring (bicyclic) bond motifs is 1. The van der Waals surface area contributed by atoms with Crippen molar-refractivity contribution >= 4 is 21.1 Å². The van der Waals surface area contributed by atoms with E-state index in [9.17, 15) is 18.4 Å². The maximum absolute atomic E-state index is 13.5. The van der Waals surface area contributed by atoms with Crippen LogP contribution in [-0.4, -0.2) is 75.9 Å². The van der Waals surface area contributed by atoms with Crippen molar-refractivity contribution in [1.82, 2.24) is 24.1 Å². The lowest BCUT2D eigenvalue weighted by Crippen LogP contribution is -2.60. The Balaban J connectivity index is 1.79. The highest BCUT2D eigenvalue weighted by atomic mass is 32.2. The van der Waals surface area contributed by atoms with Gasteiger partial charge in [-0.05, 0) is 45.4 Å². The molecule has 1 aromatic carbocycles. The number of sulfonamides is 1. The van der Waals surface area contributed by atoms with Crippen molar-refractivity contribution < 1.29 is 17.8 Å². The van der Waals surface area contributed by atoms with Crippen LogP contribution in [0.4, 0.5) is 0 Å². The van der Waals surface area contributed by atoms with E-state index in [1.54, 1.807) is 13.1 Å². The number of hydroxylamine groups is 3. The molecule has 1 aliphatic heterocycles. The zero-order chi connectivity index (χ0) is 26.3. The molecule has 0 saturated carbocycles. The van der Waals surface area contributed by atoms with Gasteiger partial charge >= 0.3 is 0 Å². The van der Waals surface area contributed by atoms with Gasteiger partial charge in [0.2, 0.25) is 10.0 Å². The van der Waals surface area contributed by atoms with E-state index in [-0.39, 0.29) is 48.5 Å². The number of piperazine rings is 1. The Morgan fingerprint density at radius 2 is 1.92 bits per heavy atom. The molecule has 0 spiro atoms. The van der Waals surface area contributed by atoms with Gasteiger partial charge in [-0.15, -0.1) is 0 Å². The van der Waals surface area contributed by atoms with Crippen molar-refractivity contribution in [2.24, 2.45) is 7.05 Å². The van der Waals surface area contributed by atoms with E-state index in [2.05, 4.69) is 10.1 Å². The third-order valence-electron chi connectivity index (χ3n) is 6.79. The predicted octanol–water partition coefficient (Wildman–Crippen LogP) is 2.40. The van der Waals surface area contributed by atoms with Crippen molar-refractivity contribution in [3.05, 3.63) is 39.5 Å². The summed E-state index contributed by atoms with van der Waals surface area (Å²) in [6.45, 7) is 8.60. The summed E-state index contributed by atoms with van der Waals surface area (Å²) in [4.78, 5) is 20.5. The molecule has 3 heterocycles. The van der Waals surface area contributed by atoms with Gasteiger partial charge in [-0.3, -0.25) is 9.48 Å². The minimum absolute atomic E-state index is 0.0547. The summed E-state index contributed by atoms with van der Waals surface area (Å²) < 4.78 is 35.2. The molecule has 1 fully saturated rings. The molecule has 196 valence electrons. The molecule has 3 aromatic rings. The molecule has 0 radical (unpaired) electrons. The van der Waals surface area contributed by atoms with Crippen molar-refractivity contribution in [2.75, 3.05) is 32.8 Å². The number of ether oxygens (including phenoxy) is 1. The van der Waals surface area contributed by atoms with Crippen LogP contribution in [0.2, 0.25) is 0 Å². The van der Waals surface area contributed by atoms with Crippen molar-refractivity contribution in [1.29, 1.82) is 0 Å². The molecule has 1 aliphatic rings. The average molecular weight is 519 g/mol. The smallest absolute Gasteiger partial charge is 0.277 e. The van der Waals surface area contributed by atoms with Gasteiger partial charge in [0, 0.05) is 7.05 Å². The summed E-state index contributed by atoms with van der Waals surface area (Å²) in [5.74, 6) is 0.626. The molecule has 1 saturated heterocycles. The Morgan fingerprint density at radius 1 is 1.22 bits per heavy atom. The van der Waals surface area contributed by atoms with Crippen LogP contribution in [0.3, 0.4) is 0 Å². The lowest BCUT2D eigenvalue weighted by molar-refractivity contribution is -0.904. The minimum Gasteiger partial charge on any atom is -0.633 e.